The van der Waals surface area contributed by atoms with Crippen LogP contribution in [0.15, 0.2) is 24.3 Å². The number of hydrogen-bond acceptors (Lipinski definition) is 3. The molecule has 1 aromatic rings. The lowest BCUT2D eigenvalue weighted by Gasteiger charge is -2.11. The van der Waals surface area contributed by atoms with Crippen LogP contribution < -0.4 is 16.4 Å². The summed E-state index contributed by atoms with van der Waals surface area (Å²) in [4.78, 5) is 33.5. The molecule has 1 aromatic carbocycles. The molecule has 4 amide bonds. The van der Waals surface area contributed by atoms with Crippen LogP contribution in [0, 0.1) is 5.92 Å². The van der Waals surface area contributed by atoms with Gasteiger partial charge in [0.2, 0.25) is 11.8 Å². The second-order valence-corrected chi connectivity index (χ2v) is 4.80. The summed E-state index contributed by atoms with van der Waals surface area (Å²) in [6, 6.07) is 6.17. The predicted octanol–water partition coefficient (Wildman–Crippen LogP) is 1.18. The molecule has 1 unspecified atom stereocenters. The van der Waals surface area contributed by atoms with E-state index < -0.39 is 17.9 Å². The van der Waals surface area contributed by atoms with E-state index in [2.05, 4.69) is 5.32 Å². The van der Waals surface area contributed by atoms with Gasteiger partial charge in [-0.15, -0.1) is 0 Å². The molecule has 4 N–H and O–H groups in total. The Kier molecular flexibility index (Phi) is 5.99. The number of hydrogen-bond donors (Lipinski definition) is 3. The van der Waals surface area contributed by atoms with Crippen LogP contribution in [0.25, 0.3) is 0 Å². The highest BCUT2D eigenvalue weighted by Crippen LogP contribution is 2.10. The van der Waals surface area contributed by atoms with Crippen molar-refractivity contribution < 1.29 is 14.4 Å². The number of primary amides is 1. The fraction of sp³-hybridized carbons (Fsp3) is 0.308. The summed E-state index contributed by atoms with van der Waals surface area (Å²) in [5.74, 6) is -1.43. The Morgan fingerprint density at radius 1 is 1.35 bits per heavy atom. The molecule has 108 valence electrons. The molecule has 0 saturated heterocycles. The zero-order valence-corrected chi connectivity index (χ0v) is 11.7. The van der Waals surface area contributed by atoms with Crippen molar-refractivity contribution in [2.75, 3.05) is 0 Å². The number of rotatable bonds is 5. The van der Waals surface area contributed by atoms with E-state index in [9.17, 15) is 14.4 Å². The number of benzene rings is 1. The summed E-state index contributed by atoms with van der Waals surface area (Å²) >= 11 is 5.83. The molecule has 0 spiro atoms. The predicted molar refractivity (Wildman–Crippen MR) is 74.8 cm³/mol. The summed E-state index contributed by atoms with van der Waals surface area (Å²) < 4.78 is 0. The maximum Gasteiger partial charge on any atom is 0.318 e. The number of nitrogens with two attached hydrogens (primary N) is 1. The van der Waals surface area contributed by atoms with Crippen LogP contribution in [0.5, 0.6) is 0 Å². The van der Waals surface area contributed by atoms with Gasteiger partial charge in [0.1, 0.15) is 0 Å². The van der Waals surface area contributed by atoms with Crippen LogP contribution in [-0.2, 0) is 16.1 Å². The Balaban J connectivity index is 2.42. The fourth-order valence-electron chi connectivity index (χ4n) is 1.57. The van der Waals surface area contributed by atoms with Crippen molar-refractivity contribution >= 4 is 29.4 Å². The van der Waals surface area contributed by atoms with Crippen molar-refractivity contribution in [3.63, 3.8) is 0 Å². The van der Waals surface area contributed by atoms with Crippen LogP contribution in [0.1, 0.15) is 18.9 Å². The van der Waals surface area contributed by atoms with Crippen molar-refractivity contribution in [3.8, 4) is 0 Å². The lowest BCUT2D eigenvalue weighted by atomic mass is 10.1. The number of halogens is 1. The second-order valence-electron chi connectivity index (χ2n) is 4.37. The minimum atomic E-state index is -0.929. The van der Waals surface area contributed by atoms with E-state index in [1.54, 1.807) is 25.1 Å². The summed E-state index contributed by atoms with van der Waals surface area (Å²) in [6.45, 7) is 1.91. The Bertz CT molecular complexity index is 519. The zero-order chi connectivity index (χ0) is 15.1. The highest BCUT2D eigenvalue weighted by Gasteiger charge is 2.17. The number of carbonyl (C=O) groups excluding carboxylic acids is 3. The van der Waals surface area contributed by atoms with Gasteiger partial charge in [-0.25, -0.2) is 4.79 Å². The molecule has 6 nitrogen and oxygen atoms in total. The third kappa shape index (κ3) is 5.71. The molecule has 0 saturated carbocycles. The number of amides is 4. The first-order valence-electron chi connectivity index (χ1n) is 6.00. The molecule has 20 heavy (non-hydrogen) atoms. The van der Waals surface area contributed by atoms with Gasteiger partial charge in [-0.1, -0.05) is 30.7 Å². The highest BCUT2D eigenvalue weighted by molar-refractivity contribution is 6.30. The molecule has 0 radical (unpaired) electrons. The minimum Gasteiger partial charge on any atom is -0.352 e. The topological polar surface area (TPSA) is 101 Å². The van der Waals surface area contributed by atoms with E-state index in [4.69, 9.17) is 17.3 Å². The van der Waals surface area contributed by atoms with E-state index in [-0.39, 0.29) is 12.3 Å². The van der Waals surface area contributed by atoms with Gasteiger partial charge in [0.15, 0.2) is 0 Å². The van der Waals surface area contributed by atoms with E-state index in [0.29, 0.717) is 11.6 Å². The SMILES string of the molecule is CC(CC(=O)NC(N)=O)C(=O)NCc1cccc(Cl)c1. The highest BCUT2D eigenvalue weighted by atomic mass is 35.5. The number of urea groups is 1. The fourth-order valence-corrected chi connectivity index (χ4v) is 1.78. The van der Waals surface area contributed by atoms with E-state index in [1.165, 1.54) is 0 Å². The van der Waals surface area contributed by atoms with Gasteiger partial charge < -0.3 is 11.1 Å². The van der Waals surface area contributed by atoms with Crippen LogP contribution in [0.2, 0.25) is 5.02 Å². The largest absolute Gasteiger partial charge is 0.352 e. The molecule has 0 bridgehead atoms. The van der Waals surface area contributed by atoms with Gasteiger partial charge in [-0.2, -0.15) is 0 Å². The molecule has 0 aliphatic rings. The Hall–Kier alpha value is -2.08. The summed E-state index contributed by atoms with van der Waals surface area (Å²) in [7, 11) is 0. The van der Waals surface area contributed by atoms with Gasteiger partial charge in [-0.3, -0.25) is 14.9 Å². The number of nitrogens with one attached hydrogen (secondary N) is 2. The lowest BCUT2D eigenvalue weighted by Crippen LogP contribution is -2.38. The van der Waals surface area contributed by atoms with Crippen molar-refractivity contribution in [3.05, 3.63) is 34.9 Å². The summed E-state index contributed by atoms with van der Waals surface area (Å²) in [6.07, 6.45) is -0.107. The van der Waals surface area contributed by atoms with Crippen molar-refractivity contribution in [2.45, 2.75) is 19.9 Å². The quantitative estimate of drug-likeness (QED) is 0.760. The third-order valence-electron chi connectivity index (χ3n) is 2.56. The first kappa shape index (κ1) is 16.0. The standard InChI is InChI=1S/C13H16ClN3O3/c1-8(5-11(18)17-13(15)20)12(19)16-7-9-3-2-4-10(14)6-9/h2-4,6,8H,5,7H2,1H3,(H,16,19)(H3,15,17,18,20). The molecule has 7 heteroatoms. The Labute approximate surface area is 121 Å². The van der Waals surface area contributed by atoms with E-state index in [1.807, 2.05) is 11.4 Å². The molecule has 0 aliphatic heterocycles. The molecular formula is C13H16ClN3O3. The number of carbonyl (C=O) groups is 3. The van der Waals surface area contributed by atoms with Crippen molar-refractivity contribution in [2.24, 2.45) is 11.7 Å². The number of imide groups is 1. The normalized spacial score (nSPS) is 11.5. The van der Waals surface area contributed by atoms with Crippen LogP contribution in [0.4, 0.5) is 4.79 Å². The van der Waals surface area contributed by atoms with Crippen molar-refractivity contribution in [1.82, 2.24) is 10.6 Å². The van der Waals surface area contributed by atoms with Crippen molar-refractivity contribution in [1.29, 1.82) is 0 Å². The average Bonchev–Trinajstić information content (AvgIpc) is 2.34. The molecule has 1 rings (SSSR count). The van der Waals surface area contributed by atoms with Gasteiger partial charge in [0.05, 0.1) is 0 Å². The second kappa shape index (κ2) is 7.49. The van der Waals surface area contributed by atoms with Gasteiger partial charge in [0, 0.05) is 23.9 Å². The molecular weight excluding hydrogens is 282 g/mol. The van der Waals surface area contributed by atoms with Crippen LogP contribution in [0.3, 0.4) is 0 Å². The molecule has 0 aromatic heterocycles. The van der Waals surface area contributed by atoms with Gasteiger partial charge >= 0.3 is 6.03 Å². The molecule has 0 aliphatic carbocycles. The summed E-state index contributed by atoms with van der Waals surface area (Å²) in [5.41, 5.74) is 5.67. The first-order chi connectivity index (χ1) is 9.38. The van der Waals surface area contributed by atoms with Gasteiger partial charge in [-0.05, 0) is 17.7 Å². The van der Waals surface area contributed by atoms with E-state index >= 15 is 0 Å². The summed E-state index contributed by atoms with van der Waals surface area (Å²) in [5, 5.41) is 5.19. The molecule has 1 atom stereocenters. The minimum absolute atomic E-state index is 0.107. The Morgan fingerprint density at radius 3 is 2.65 bits per heavy atom. The van der Waals surface area contributed by atoms with E-state index in [0.717, 1.165) is 5.56 Å². The van der Waals surface area contributed by atoms with Crippen LogP contribution >= 0.6 is 11.6 Å². The Morgan fingerprint density at radius 2 is 2.05 bits per heavy atom. The van der Waals surface area contributed by atoms with Gasteiger partial charge in [0.25, 0.3) is 0 Å². The third-order valence-corrected chi connectivity index (χ3v) is 2.79. The lowest BCUT2D eigenvalue weighted by molar-refractivity contribution is -0.129. The maximum absolute atomic E-state index is 11.8. The first-order valence-corrected chi connectivity index (χ1v) is 6.37. The van der Waals surface area contributed by atoms with Crippen LogP contribution in [-0.4, -0.2) is 17.8 Å². The smallest absolute Gasteiger partial charge is 0.318 e. The molecule has 0 heterocycles. The monoisotopic (exact) mass is 297 g/mol. The average molecular weight is 298 g/mol. The molecule has 0 fully saturated rings. The maximum atomic E-state index is 11.8. The zero-order valence-electron chi connectivity index (χ0n) is 11.0.